The van der Waals surface area contributed by atoms with Crippen LogP contribution >= 0.6 is 11.3 Å². The van der Waals surface area contributed by atoms with E-state index in [4.69, 9.17) is 14.0 Å². The molecule has 1 aliphatic heterocycles. The molecule has 0 saturated heterocycles. The molecule has 0 radical (unpaired) electrons. The molecule has 156 valence electrons. The topological polar surface area (TPSA) is 86.5 Å². The van der Waals surface area contributed by atoms with Crippen molar-refractivity contribution in [2.75, 3.05) is 6.61 Å². The molecule has 3 heterocycles. The predicted molar refractivity (Wildman–Crippen MR) is 111 cm³/mol. The third-order valence-electron chi connectivity index (χ3n) is 4.64. The van der Waals surface area contributed by atoms with Gasteiger partial charge in [0, 0.05) is 10.4 Å². The summed E-state index contributed by atoms with van der Waals surface area (Å²) < 4.78 is 29.7. The number of carbonyl (C=O) groups is 1. The zero-order valence-electron chi connectivity index (χ0n) is 16.1. The van der Waals surface area contributed by atoms with Crippen molar-refractivity contribution in [1.29, 1.82) is 0 Å². The number of benzene rings is 2. The summed E-state index contributed by atoms with van der Waals surface area (Å²) in [6.45, 7) is 0.497. The Labute approximate surface area is 180 Å². The molecule has 1 atom stereocenters. The van der Waals surface area contributed by atoms with Crippen molar-refractivity contribution < 1.29 is 23.2 Å². The number of amides is 1. The number of para-hydroxylation sites is 2. The number of rotatable bonds is 5. The van der Waals surface area contributed by atoms with Crippen LogP contribution in [0.25, 0.3) is 22.2 Å². The van der Waals surface area contributed by atoms with Crippen LogP contribution in [0.3, 0.4) is 0 Å². The molecule has 2 aromatic heterocycles. The second kappa shape index (κ2) is 8.19. The first-order valence-corrected chi connectivity index (χ1v) is 10.3. The highest BCUT2D eigenvalue weighted by atomic mass is 32.1. The molecule has 1 amide bonds. The third kappa shape index (κ3) is 4.13. The van der Waals surface area contributed by atoms with Crippen molar-refractivity contribution in [3.05, 3.63) is 71.4 Å². The fraction of sp³-hybridized carbons (Fsp3) is 0.136. The molecule has 1 unspecified atom stereocenters. The summed E-state index contributed by atoms with van der Waals surface area (Å²) >= 11 is 1.43. The molecule has 2 aromatic carbocycles. The van der Waals surface area contributed by atoms with Gasteiger partial charge in [-0.05, 0) is 48.5 Å². The number of ether oxygens (including phenoxy) is 2. The van der Waals surface area contributed by atoms with Crippen LogP contribution in [0.2, 0.25) is 0 Å². The minimum Gasteiger partial charge on any atom is -0.485 e. The number of fused-ring (bicyclic) bond motifs is 1. The molecule has 7 nitrogen and oxygen atoms in total. The summed E-state index contributed by atoms with van der Waals surface area (Å²) in [5.74, 6) is 1.36. The highest BCUT2D eigenvalue weighted by molar-refractivity contribution is 7.15. The Morgan fingerprint density at radius 1 is 1.10 bits per heavy atom. The molecule has 0 bridgehead atoms. The predicted octanol–water partition coefficient (Wildman–Crippen LogP) is 4.06. The van der Waals surface area contributed by atoms with E-state index in [9.17, 15) is 9.18 Å². The van der Waals surface area contributed by atoms with Gasteiger partial charge in [-0.1, -0.05) is 17.3 Å². The summed E-state index contributed by atoms with van der Waals surface area (Å²) in [5.41, 5.74) is 0.664. The quantitative estimate of drug-likeness (QED) is 0.507. The Balaban J connectivity index is 1.21. The summed E-state index contributed by atoms with van der Waals surface area (Å²) in [7, 11) is 0. The average molecular weight is 437 g/mol. The number of nitrogens with zero attached hydrogens (tertiary/aromatic N) is 2. The van der Waals surface area contributed by atoms with Crippen molar-refractivity contribution in [2.45, 2.75) is 12.6 Å². The summed E-state index contributed by atoms with van der Waals surface area (Å²) in [4.78, 5) is 18.5. The van der Waals surface area contributed by atoms with Crippen LogP contribution in [-0.4, -0.2) is 28.8 Å². The van der Waals surface area contributed by atoms with E-state index in [2.05, 4.69) is 15.5 Å². The number of aromatic nitrogens is 2. The van der Waals surface area contributed by atoms with Crippen LogP contribution in [0.4, 0.5) is 4.39 Å². The summed E-state index contributed by atoms with van der Waals surface area (Å²) in [6, 6.07) is 16.9. The van der Waals surface area contributed by atoms with Gasteiger partial charge in [0.25, 0.3) is 11.8 Å². The van der Waals surface area contributed by atoms with Crippen LogP contribution in [0.15, 0.2) is 65.2 Å². The van der Waals surface area contributed by atoms with Crippen LogP contribution in [0.1, 0.15) is 4.88 Å². The summed E-state index contributed by atoms with van der Waals surface area (Å²) in [6.07, 6.45) is -0.705. The number of carbonyl (C=O) groups excluding carboxylic acids is 1. The lowest BCUT2D eigenvalue weighted by Gasteiger charge is -2.25. The lowest BCUT2D eigenvalue weighted by Crippen LogP contribution is -2.43. The maximum absolute atomic E-state index is 13.1. The van der Waals surface area contributed by atoms with Crippen molar-refractivity contribution in [1.82, 2.24) is 15.5 Å². The van der Waals surface area contributed by atoms with Gasteiger partial charge in [-0.25, -0.2) is 4.39 Å². The van der Waals surface area contributed by atoms with Gasteiger partial charge < -0.3 is 19.3 Å². The maximum atomic E-state index is 13.1. The number of hydrogen-bond acceptors (Lipinski definition) is 7. The van der Waals surface area contributed by atoms with Gasteiger partial charge in [0.2, 0.25) is 11.9 Å². The Morgan fingerprint density at radius 2 is 1.90 bits per heavy atom. The Hall–Kier alpha value is -3.72. The smallest absolute Gasteiger partial charge is 0.268 e. The lowest BCUT2D eigenvalue weighted by atomic mass is 10.2. The fourth-order valence-electron chi connectivity index (χ4n) is 3.06. The second-order valence-electron chi connectivity index (χ2n) is 6.78. The highest BCUT2D eigenvalue weighted by Crippen LogP contribution is 2.31. The monoisotopic (exact) mass is 437 g/mol. The van der Waals surface area contributed by atoms with E-state index >= 15 is 0 Å². The van der Waals surface area contributed by atoms with Crippen molar-refractivity contribution in [3.63, 3.8) is 0 Å². The van der Waals surface area contributed by atoms with E-state index in [-0.39, 0.29) is 18.3 Å². The normalized spacial score (nSPS) is 14.9. The van der Waals surface area contributed by atoms with Gasteiger partial charge in [-0.3, -0.25) is 4.79 Å². The maximum Gasteiger partial charge on any atom is 0.268 e. The first kappa shape index (κ1) is 19.3. The van der Waals surface area contributed by atoms with E-state index in [1.54, 1.807) is 24.3 Å². The number of halogens is 1. The van der Waals surface area contributed by atoms with Gasteiger partial charge in [-0.2, -0.15) is 4.98 Å². The minimum absolute atomic E-state index is 0.159. The van der Waals surface area contributed by atoms with Crippen LogP contribution < -0.4 is 14.8 Å². The molecular weight excluding hydrogens is 421 g/mol. The molecule has 0 spiro atoms. The lowest BCUT2D eigenvalue weighted by molar-refractivity contribution is -0.130. The van der Waals surface area contributed by atoms with Crippen LogP contribution in [0.5, 0.6) is 11.5 Å². The van der Waals surface area contributed by atoms with E-state index in [0.717, 1.165) is 9.75 Å². The molecule has 0 fully saturated rings. The van der Waals surface area contributed by atoms with E-state index in [1.807, 2.05) is 24.3 Å². The molecule has 9 heteroatoms. The van der Waals surface area contributed by atoms with Gasteiger partial charge >= 0.3 is 0 Å². The molecule has 4 aromatic rings. The zero-order chi connectivity index (χ0) is 21.2. The first-order valence-electron chi connectivity index (χ1n) is 9.50. The van der Waals surface area contributed by atoms with Gasteiger partial charge in [0.05, 0.1) is 11.4 Å². The van der Waals surface area contributed by atoms with Crippen molar-refractivity contribution in [3.8, 4) is 33.7 Å². The Morgan fingerprint density at radius 3 is 2.74 bits per heavy atom. The SMILES string of the molecule is O=C(NCc1ccc(-c2nc(-c3ccc(F)cc3)no2)s1)C1COc2ccccc2O1. The molecule has 31 heavy (non-hydrogen) atoms. The van der Waals surface area contributed by atoms with Crippen molar-refractivity contribution in [2.24, 2.45) is 0 Å². The highest BCUT2D eigenvalue weighted by Gasteiger charge is 2.27. The summed E-state index contributed by atoms with van der Waals surface area (Å²) in [5, 5.41) is 6.82. The van der Waals surface area contributed by atoms with Gasteiger partial charge in [-0.15, -0.1) is 11.3 Å². The minimum atomic E-state index is -0.705. The van der Waals surface area contributed by atoms with Crippen LogP contribution in [0, 0.1) is 5.82 Å². The largest absolute Gasteiger partial charge is 0.485 e. The molecule has 1 N–H and O–H groups in total. The van der Waals surface area contributed by atoms with E-state index in [0.29, 0.717) is 35.3 Å². The molecule has 1 aliphatic rings. The zero-order valence-corrected chi connectivity index (χ0v) is 16.9. The standard InChI is InChI=1S/C22H16FN3O4S/c23-14-7-5-13(6-8-14)20-25-22(30-26-20)19-10-9-15(31-19)11-24-21(27)18-12-28-16-3-1-2-4-17(16)29-18/h1-10,18H,11-12H2,(H,24,27). The number of nitrogens with one attached hydrogen (secondary N) is 1. The number of hydrogen-bond donors (Lipinski definition) is 1. The molecule has 0 aliphatic carbocycles. The number of thiophene rings is 1. The van der Waals surface area contributed by atoms with Crippen molar-refractivity contribution >= 4 is 17.2 Å². The second-order valence-corrected chi connectivity index (χ2v) is 7.95. The first-order chi connectivity index (χ1) is 15.2. The van der Waals surface area contributed by atoms with Crippen LogP contribution in [-0.2, 0) is 11.3 Å². The molecular formula is C22H16FN3O4S. The van der Waals surface area contributed by atoms with Gasteiger partial charge in [0.1, 0.15) is 12.4 Å². The third-order valence-corrected chi connectivity index (χ3v) is 5.71. The Bertz CT molecular complexity index is 1220. The van der Waals surface area contributed by atoms with E-state index in [1.165, 1.54) is 23.5 Å². The average Bonchev–Trinajstić information content (AvgIpc) is 3.47. The molecule has 5 rings (SSSR count). The van der Waals surface area contributed by atoms with E-state index < -0.39 is 6.10 Å². The molecule has 0 saturated carbocycles. The Kier molecular flexibility index (Phi) is 5.09. The fourth-order valence-corrected chi connectivity index (χ4v) is 3.93. The van der Waals surface area contributed by atoms with Gasteiger partial charge in [0.15, 0.2) is 11.5 Å².